The van der Waals surface area contributed by atoms with Gasteiger partial charge in [-0.25, -0.2) is 4.98 Å². The fraction of sp³-hybridized carbons (Fsp3) is 0.250. The van der Waals surface area contributed by atoms with Gasteiger partial charge in [-0.1, -0.05) is 37.1 Å². The zero-order chi connectivity index (χ0) is 21.4. The van der Waals surface area contributed by atoms with Crippen LogP contribution in [0, 0.1) is 0 Å². The Labute approximate surface area is 183 Å². The zero-order valence-electron chi connectivity index (χ0n) is 16.8. The third-order valence-electron chi connectivity index (χ3n) is 6.09. The number of nitrogens with zero attached hydrogens (tertiary/aromatic N) is 2. The van der Waals surface area contributed by atoms with E-state index in [1.165, 1.54) is 4.90 Å². The monoisotopic (exact) mass is 431 g/mol. The number of amides is 3. The largest absolute Gasteiger partial charge is 0.340 e. The van der Waals surface area contributed by atoms with Crippen LogP contribution in [0.1, 0.15) is 67.3 Å². The molecule has 31 heavy (non-hydrogen) atoms. The number of rotatable bonds is 5. The molecule has 1 saturated carbocycles. The molecule has 0 atom stereocenters. The second-order valence-electron chi connectivity index (χ2n) is 8.02. The second kappa shape index (κ2) is 7.74. The highest BCUT2D eigenvalue weighted by atomic mass is 32.1. The van der Waals surface area contributed by atoms with E-state index in [1.54, 1.807) is 66.1 Å². The second-order valence-corrected chi connectivity index (χ2v) is 8.91. The van der Waals surface area contributed by atoms with E-state index in [9.17, 15) is 14.4 Å². The van der Waals surface area contributed by atoms with Crippen molar-refractivity contribution in [2.24, 2.45) is 0 Å². The summed E-state index contributed by atoms with van der Waals surface area (Å²) in [5.74, 6) is -0.701. The Kier molecular flexibility index (Phi) is 4.90. The van der Waals surface area contributed by atoms with E-state index >= 15 is 0 Å². The van der Waals surface area contributed by atoms with Gasteiger partial charge in [-0.2, -0.15) is 0 Å². The van der Waals surface area contributed by atoms with E-state index in [0.717, 1.165) is 36.3 Å². The summed E-state index contributed by atoms with van der Waals surface area (Å²) in [4.78, 5) is 43.8. The number of benzene rings is 2. The molecule has 3 amide bonds. The van der Waals surface area contributed by atoms with Gasteiger partial charge >= 0.3 is 0 Å². The first-order chi connectivity index (χ1) is 15.1. The lowest BCUT2D eigenvalue weighted by atomic mass is 9.97. The summed E-state index contributed by atoms with van der Waals surface area (Å²) in [6.45, 7) is 0.178. The summed E-state index contributed by atoms with van der Waals surface area (Å²) in [5, 5.41) is 6.12. The van der Waals surface area contributed by atoms with E-state index in [-0.39, 0.29) is 29.8 Å². The molecule has 1 N–H and O–H groups in total. The smallest absolute Gasteiger partial charge is 0.261 e. The third kappa shape index (κ3) is 3.45. The maximum absolute atomic E-state index is 13.0. The van der Waals surface area contributed by atoms with Crippen molar-refractivity contribution in [3.63, 3.8) is 0 Å². The third-order valence-corrected chi connectivity index (χ3v) is 7.06. The Bertz CT molecular complexity index is 1110. The standard InChI is InChI=1S/C24H21N3O3S/c28-20(26-24(11-3-4-12-24)23-25-13-14-31-23)17-9-7-16(8-10-17)15-27-21(29)18-5-1-2-6-19(18)22(27)30/h1-2,5-10,13-14H,3-4,11-12,15H2,(H,26,28). The van der Waals surface area contributed by atoms with Gasteiger partial charge in [-0.15, -0.1) is 11.3 Å². The van der Waals surface area contributed by atoms with Crippen molar-refractivity contribution in [2.45, 2.75) is 37.8 Å². The van der Waals surface area contributed by atoms with E-state index in [0.29, 0.717) is 16.7 Å². The van der Waals surface area contributed by atoms with Crippen LogP contribution in [-0.2, 0) is 12.1 Å². The molecular weight excluding hydrogens is 410 g/mol. The number of aromatic nitrogens is 1. The van der Waals surface area contributed by atoms with Gasteiger partial charge in [-0.3, -0.25) is 19.3 Å². The van der Waals surface area contributed by atoms with Gasteiger partial charge < -0.3 is 5.32 Å². The Balaban J connectivity index is 1.30. The molecule has 1 aromatic heterocycles. The van der Waals surface area contributed by atoms with Gasteiger partial charge in [0.25, 0.3) is 17.7 Å². The van der Waals surface area contributed by atoms with Crippen molar-refractivity contribution in [3.05, 3.63) is 87.4 Å². The first kappa shape index (κ1) is 19.6. The van der Waals surface area contributed by atoms with Gasteiger partial charge in [0.05, 0.1) is 23.2 Å². The maximum atomic E-state index is 13.0. The molecule has 1 aliphatic heterocycles. The molecule has 0 spiro atoms. The molecule has 156 valence electrons. The molecule has 1 aliphatic carbocycles. The molecule has 5 rings (SSSR count). The van der Waals surface area contributed by atoms with Crippen LogP contribution < -0.4 is 5.32 Å². The number of carbonyl (C=O) groups excluding carboxylic acids is 3. The minimum atomic E-state index is -0.385. The molecule has 0 unspecified atom stereocenters. The number of thiazole rings is 1. The highest BCUT2D eigenvalue weighted by Gasteiger charge is 2.39. The molecular formula is C24H21N3O3S. The van der Waals surface area contributed by atoms with E-state index < -0.39 is 0 Å². The van der Waals surface area contributed by atoms with Crippen LogP contribution in [0.4, 0.5) is 0 Å². The summed E-state index contributed by atoms with van der Waals surface area (Å²) < 4.78 is 0. The zero-order valence-corrected chi connectivity index (χ0v) is 17.7. The fourth-order valence-corrected chi connectivity index (χ4v) is 5.30. The lowest BCUT2D eigenvalue weighted by Gasteiger charge is -2.28. The van der Waals surface area contributed by atoms with Crippen LogP contribution in [0.2, 0.25) is 0 Å². The van der Waals surface area contributed by atoms with Crippen molar-refractivity contribution in [1.29, 1.82) is 0 Å². The van der Waals surface area contributed by atoms with Gasteiger partial charge in [0.15, 0.2) is 0 Å². The molecule has 2 aromatic carbocycles. The number of carbonyl (C=O) groups is 3. The number of fused-ring (bicyclic) bond motifs is 1. The summed E-state index contributed by atoms with van der Waals surface area (Å²) in [5.41, 5.74) is 1.83. The van der Waals surface area contributed by atoms with Crippen molar-refractivity contribution in [1.82, 2.24) is 15.2 Å². The van der Waals surface area contributed by atoms with Crippen molar-refractivity contribution >= 4 is 29.1 Å². The minimum Gasteiger partial charge on any atom is -0.340 e. The van der Waals surface area contributed by atoms with Crippen LogP contribution >= 0.6 is 11.3 Å². The van der Waals surface area contributed by atoms with E-state index in [1.807, 2.05) is 5.38 Å². The lowest BCUT2D eigenvalue weighted by molar-refractivity contribution is 0.0641. The van der Waals surface area contributed by atoms with Crippen molar-refractivity contribution < 1.29 is 14.4 Å². The number of hydrogen-bond acceptors (Lipinski definition) is 5. The summed E-state index contributed by atoms with van der Waals surface area (Å²) in [6.07, 6.45) is 5.70. The summed E-state index contributed by atoms with van der Waals surface area (Å²) >= 11 is 1.58. The Hall–Kier alpha value is -3.32. The maximum Gasteiger partial charge on any atom is 0.261 e. The Morgan fingerprint density at radius 2 is 1.65 bits per heavy atom. The molecule has 0 radical (unpaired) electrons. The average molecular weight is 432 g/mol. The SMILES string of the molecule is O=C(NC1(c2nccs2)CCCC1)c1ccc(CN2C(=O)c3ccccc3C2=O)cc1. The topological polar surface area (TPSA) is 79.4 Å². The van der Waals surface area contributed by atoms with Crippen LogP contribution in [0.5, 0.6) is 0 Å². The first-order valence-corrected chi connectivity index (χ1v) is 11.2. The van der Waals surface area contributed by atoms with E-state index in [2.05, 4.69) is 10.3 Å². The molecule has 0 saturated heterocycles. The Morgan fingerprint density at radius 1 is 1.00 bits per heavy atom. The highest BCUT2D eigenvalue weighted by Crippen LogP contribution is 2.39. The average Bonchev–Trinajstić information content (AvgIpc) is 3.53. The van der Waals surface area contributed by atoms with Gasteiger partial charge in [0.1, 0.15) is 5.01 Å². The Morgan fingerprint density at radius 3 is 2.23 bits per heavy atom. The van der Waals surface area contributed by atoms with Crippen LogP contribution in [-0.4, -0.2) is 27.6 Å². The normalized spacial score (nSPS) is 17.1. The lowest BCUT2D eigenvalue weighted by Crippen LogP contribution is -2.43. The predicted octanol–water partition coefficient (Wildman–Crippen LogP) is 4.14. The summed E-state index contributed by atoms with van der Waals surface area (Å²) in [6, 6.07) is 13.9. The molecule has 6 nitrogen and oxygen atoms in total. The van der Waals surface area contributed by atoms with Crippen LogP contribution in [0.3, 0.4) is 0 Å². The van der Waals surface area contributed by atoms with Crippen LogP contribution in [0.25, 0.3) is 0 Å². The molecule has 1 fully saturated rings. The highest BCUT2D eigenvalue weighted by molar-refractivity contribution is 7.09. The predicted molar refractivity (Wildman–Crippen MR) is 117 cm³/mol. The quantitative estimate of drug-likeness (QED) is 0.616. The van der Waals surface area contributed by atoms with Crippen molar-refractivity contribution in [3.8, 4) is 0 Å². The molecule has 2 heterocycles. The van der Waals surface area contributed by atoms with Gasteiger partial charge in [0.2, 0.25) is 0 Å². The number of hydrogen-bond donors (Lipinski definition) is 1. The first-order valence-electron chi connectivity index (χ1n) is 10.3. The number of nitrogens with one attached hydrogen (secondary N) is 1. The fourth-order valence-electron chi connectivity index (χ4n) is 4.45. The van der Waals surface area contributed by atoms with Gasteiger partial charge in [-0.05, 0) is 42.7 Å². The van der Waals surface area contributed by atoms with Crippen molar-refractivity contribution in [2.75, 3.05) is 0 Å². The molecule has 7 heteroatoms. The van der Waals surface area contributed by atoms with E-state index in [4.69, 9.17) is 0 Å². The number of imide groups is 1. The van der Waals surface area contributed by atoms with Gasteiger partial charge in [0, 0.05) is 17.1 Å². The minimum absolute atomic E-state index is 0.135. The van der Waals surface area contributed by atoms with Crippen LogP contribution in [0.15, 0.2) is 60.1 Å². The summed E-state index contributed by atoms with van der Waals surface area (Å²) in [7, 11) is 0. The molecule has 0 bridgehead atoms. The molecule has 3 aromatic rings. The molecule has 2 aliphatic rings.